The van der Waals surface area contributed by atoms with Crippen molar-refractivity contribution in [1.82, 2.24) is 5.32 Å². The van der Waals surface area contributed by atoms with Crippen LogP contribution in [0.1, 0.15) is 39.3 Å². The van der Waals surface area contributed by atoms with E-state index >= 15 is 0 Å². The van der Waals surface area contributed by atoms with Gasteiger partial charge in [-0.25, -0.2) is 0 Å². The first-order valence-corrected chi connectivity index (χ1v) is 6.72. The van der Waals surface area contributed by atoms with Crippen molar-refractivity contribution in [3.8, 4) is 0 Å². The Morgan fingerprint density at radius 3 is 2.28 bits per heavy atom. The molecule has 102 valence electrons. The summed E-state index contributed by atoms with van der Waals surface area (Å²) in [5, 5.41) is 3.68. The largest absolute Gasteiger partial charge is 0.384 e. The van der Waals surface area contributed by atoms with Crippen LogP contribution in [0.3, 0.4) is 0 Å². The van der Waals surface area contributed by atoms with E-state index in [4.69, 9.17) is 4.74 Å². The van der Waals surface area contributed by atoms with E-state index in [2.05, 4.69) is 63.3 Å². The SMILES string of the molecule is COCC(C)CNC(c1ccccc1)C(C)(C)C. The summed E-state index contributed by atoms with van der Waals surface area (Å²) in [4.78, 5) is 0. The number of rotatable bonds is 6. The third-order valence-corrected chi connectivity index (χ3v) is 3.12. The molecule has 2 heteroatoms. The maximum atomic E-state index is 5.19. The van der Waals surface area contributed by atoms with Gasteiger partial charge in [0.15, 0.2) is 0 Å². The highest BCUT2D eigenvalue weighted by molar-refractivity contribution is 5.20. The lowest BCUT2D eigenvalue weighted by molar-refractivity contribution is 0.151. The molecule has 0 heterocycles. The maximum absolute atomic E-state index is 5.19. The minimum Gasteiger partial charge on any atom is -0.384 e. The minimum absolute atomic E-state index is 0.203. The Hall–Kier alpha value is -0.860. The summed E-state index contributed by atoms with van der Waals surface area (Å²) < 4.78 is 5.19. The molecule has 0 spiro atoms. The molecule has 1 aromatic carbocycles. The number of nitrogens with one attached hydrogen (secondary N) is 1. The van der Waals surface area contributed by atoms with Gasteiger partial charge in [0.2, 0.25) is 0 Å². The number of hydrogen-bond donors (Lipinski definition) is 1. The van der Waals surface area contributed by atoms with Crippen LogP contribution in [0.15, 0.2) is 30.3 Å². The topological polar surface area (TPSA) is 21.3 Å². The van der Waals surface area contributed by atoms with Gasteiger partial charge in [0.1, 0.15) is 0 Å². The van der Waals surface area contributed by atoms with Crippen molar-refractivity contribution in [3.63, 3.8) is 0 Å². The highest BCUT2D eigenvalue weighted by Gasteiger charge is 2.25. The van der Waals surface area contributed by atoms with Gasteiger partial charge in [-0.3, -0.25) is 0 Å². The minimum atomic E-state index is 0.203. The van der Waals surface area contributed by atoms with Crippen LogP contribution in [-0.2, 0) is 4.74 Å². The van der Waals surface area contributed by atoms with E-state index in [1.165, 1.54) is 5.56 Å². The molecule has 0 aliphatic rings. The fraction of sp³-hybridized carbons (Fsp3) is 0.625. The summed E-state index contributed by atoms with van der Waals surface area (Å²) >= 11 is 0. The molecule has 0 aromatic heterocycles. The highest BCUT2D eigenvalue weighted by atomic mass is 16.5. The van der Waals surface area contributed by atoms with Gasteiger partial charge in [-0.05, 0) is 16.9 Å². The first kappa shape index (κ1) is 15.2. The Morgan fingerprint density at radius 2 is 1.78 bits per heavy atom. The summed E-state index contributed by atoms with van der Waals surface area (Å²) in [6.45, 7) is 10.8. The first-order chi connectivity index (χ1) is 8.45. The lowest BCUT2D eigenvalue weighted by Crippen LogP contribution is -2.35. The van der Waals surface area contributed by atoms with E-state index in [1.54, 1.807) is 7.11 Å². The van der Waals surface area contributed by atoms with Crippen LogP contribution >= 0.6 is 0 Å². The van der Waals surface area contributed by atoms with Gasteiger partial charge in [0.05, 0.1) is 0 Å². The molecule has 0 fully saturated rings. The van der Waals surface area contributed by atoms with Crippen molar-refractivity contribution in [2.75, 3.05) is 20.3 Å². The number of benzene rings is 1. The quantitative estimate of drug-likeness (QED) is 0.831. The smallest absolute Gasteiger partial charge is 0.0499 e. The second kappa shape index (κ2) is 6.91. The zero-order valence-electron chi connectivity index (χ0n) is 12.4. The normalized spacial score (nSPS) is 15.4. The van der Waals surface area contributed by atoms with Gasteiger partial charge < -0.3 is 10.1 Å². The number of methoxy groups -OCH3 is 1. The van der Waals surface area contributed by atoms with E-state index in [1.807, 2.05) is 0 Å². The van der Waals surface area contributed by atoms with E-state index in [-0.39, 0.29) is 5.41 Å². The van der Waals surface area contributed by atoms with Crippen molar-refractivity contribution >= 4 is 0 Å². The second-order valence-electron chi connectivity index (χ2n) is 6.18. The van der Waals surface area contributed by atoms with Crippen molar-refractivity contribution < 1.29 is 4.74 Å². The lowest BCUT2D eigenvalue weighted by Gasteiger charge is -2.33. The summed E-state index contributed by atoms with van der Waals surface area (Å²) in [5.74, 6) is 0.531. The molecular formula is C16H27NO. The Kier molecular flexibility index (Phi) is 5.83. The Balaban J connectivity index is 2.69. The zero-order valence-corrected chi connectivity index (χ0v) is 12.4. The molecular weight excluding hydrogens is 222 g/mol. The van der Waals surface area contributed by atoms with E-state index in [9.17, 15) is 0 Å². The average molecular weight is 249 g/mol. The van der Waals surface area contributed by atoms with Crippen LogP contribution in [0, 0.1) is 11.3 Å². The van der Waals surface area contributed by atoms with Crippen LogP contribution < -0.4 is 5.32 Å². The summed E-state index contributed by atoms with van der Waals surface area (Å²) in [6.07, 6.45) is 0. The predicted molar refractivity (Wildman–Crippen MR) is 77.7 cm³/mol. The fourth-order valence-corrected chi connectivity index (χ4v) is 2.23. The van der Waals surface area contributed by atoms with Gasteiger partial charge >= 0.3 is 0 Å². The molecule has 2 unspecified atom stereocenters. The van der Waals surface area contributed by atoms with Crippen LogP contribution in [0.2, 0.25) is 0 Å². The Morgan fingerprint density at radius 1 is 1.17 bits per heavy atom. The second-order valence-corrected chi connectivity index (χ2v) is 6.18. The van der Waals surface area contributed by atoms with Gasteiger partial charge in [0, 0.05) is 26.3 Å². The number of ether oxygens (including phenoxy) is 1. The molecule has 1 rings (SSSR count). The Labute approximate surface area is 112 Å². The van der Waals surface area contributed by atoms with Crippen molar-refractivity contribution in [2.24, 2.45) is 11.3 Å². The predicted octanol–water partition coefficient (Wildman–Crippen LogP) is 3.65. The van der Waals surface area contributed by atoms with Gasteiger partial charge in [-0.1, -0.05) is 58.0 Å². The molecule has 2 nitrogen and oxygen atoms in total. The highest BCUT2D eigenvalue weighted by Crippen LogP contribution is 2.32. The molecule has 1 N–H and O–H groups in total. The van der Waals surface area contributed by atoms with Gasteiger partial charge in [-0.15, -0.1) is 0 Å². The van der Waals surface area contributed by atoms with E-state index < -0.39 is 0 Å². The third kappa shape index (κ3) is 4.79. The monoisotopic (exact) mass is 249 g/mol. The fourth-order valence-electron chi connectivity index (χ4n) is 2.23. The van der Waals surface area contributed by atoms with Gasteiger partial charge in [-0.2, -0.15) is 0 Å². The van der Waals surface area contributed by atoms with Crippen molar-refractivity contribution in [1.29, 1.82) is 0 Å². The molecule has 0 aliphatic heterocycles. The summed E-state index contributed by atoms with van der Waals surface area (Å²) in [5.41, 5.74) is 1.56. The lowest BCUT2D eigenvalue weighted by atomic mass is 9.82. The van der Waals surface area contributed by atoms with E-state index in [0.717, 1.165) is 13.2 Å². The third-order valence-electron chi connectivity index (χ3n) is 3.12. The summed E-state index contributed by atoms with van der Waals surface area (Å²) in [6, 6.07) is 11.0. The van der Waals surface area contributed by atoms with Gasteiger partial charge in [0.25, 0.3) is 0 Å². The van der Waals surface area contributed by atoms with E-state index in [0.29, 0.717) is 12.0 Å². The van der Waals surface area contributed by atoms with Crippen LogP contribution in [0.25, 0.3) is 0 Å². The molecule has 1 aromatic rings. The molecule has 0 aliphatic carbocycles. The molecule has 0 saturated carbocycles. The molecule has 2 atom stereocenters. The van der Waals surface area contributed by atoms with Crippen LogP contribution in [-0.4, -0.2) is 20.3 Å². The molecule has 0 saturated heterocycles. The zero-order chi connectivity index (χ0) is 13.6. The maximum Gasteiger partial charge on any atom is 0.0499 e. The van der Waals surface area contributed by atoms with Crippen LogP contribution in [0.4, 0.5) is 0 Å². The molecule has 0 radical (unpaired) electrons. The van der Waals surface area contributed by atoms with Crippen molar-refractivity contribution in [2.45, 2.75) is 33.7 Å². The van der Waals surface area contributed by atoms with Crippen molar-refractivity contribution in [3.05, 3.63) is 35.9 Å². The van der Waals surface area contributed by atoms with Crippen LogP contribution in [0.5, 0.6) is 0 Å². The molecule has 0 bridgehead atoms. The summed E-state index contributed by atoms with van der Waals surface area (Å²) in [7, 11) is 1.76. The molecule has 0 amide bonds. The average Bonchev–Trinajstić information content (AvgIpc) is 2.29. The first-order valence-electron chi connectivity index (χ1n) is 6.72. The standard InChI is InChI=1S/C16H27NO/c1-13(12-18-5)11-17-15(16(2,3)4)14-9-7-6-8-10-14/h6-10,13,15,17H,11-12H2,1-5H3. The molecule has 18 heavy (non-hydrogen) atoms. The number of hydrogen-bond acceptors (Lipinski definition) is 2. The Bertz CT molecular complexity index is 329.